The molecule has 0 radical (unpaired) electrons. The Balaban J connectivity index is 0.000000161. The molecule has 9 aromatic carbocycles. The van der Waals surface area contributed by atoms with Crippen LogP contribution in [0.5, 0.6) is 0 Å². The SMILES string of the molecule is NNC(=O)c1ccc(C(=O)NN)cc1.Nc1ccc(-c2ccc(N)cc2)cc1.Nc1ccc2cc(N)ccc2c1.Nc1cccc(Cc2cccc(N)c2)c1.Nc1cccc(S(=O)(=O)c2cccc(N)c2)c1.O=C(C(=O)n1ccnc1)n1ccnc1.O=C(n1ccnc1)n1ccnc1. The Labute approximate surface area is 562 Å². The molecule has 2 amide bonds. The molecule has 0 aliphatic heterocycles. The molecule has 13 rings (SSSR count). The van der Waals surface area contributed by atoms with Crippen LogP contribution < -0.4 is 68.4 Å². The van der Waals surface area contributed by atoms with E-state index < -0.39 is 33.5 Å². The number of carbonyl (C=O) groups excluding carboxylic acids is 5. The Morgan fingerprint density at radius 2 is 0.653 bits per heavy atom. The fourth-order valence-corrected chi connectivity index (χ4v) is 9.94. The molecule has 27 nitrogen and oxygen atoms in total. The van der Waals surface area contributed by atoms with Crippen LogP contribution in [0.1, 0.15) is 41.4 Å². The van der Waals surface area contributed by atoms with Crippen LogP contribution in [-0.4, -0.2) is 76.3 Å². The molecule has 0 saturated heterocycles. The molecule has 98 heavy (non-hydrogen) atoms. The number of imidazole rings is 4. The van der Waals surface area contributed by atoms with Crippen LogP contribution in [0.25, 0.3) is 21.9 Å². The molecule has 4 aromatic heterocycles. The highest BCUT2D eigenvalue weighted by molar-refractivity contribution is 7.91. The van der Waals surface area contributed by atoms with Crippen LogP contribution in [0.4, 0.5) is 50.3 Å². The fourth-order valence-electron chi connectivity index (χ4n) is 8.57. The lowest BCUT2D eigenvalue weighted by Gasteiger charge is -2.05. The second kappa shape index (κ2) is 35.4. The number of anilines is 8. The van der Waals surface area contributed by atoms with Gasteiger partial charge in [-0.1, -0.05) is 72.8 Å². The van der Waals surface area contributed by atoms with Gasteiger partial charge in [0.2, 0.25) is 9.84 Å². The number of benzene rings is 9. The van der Waals surface area contributed by atoms with E-state index in [2.05, 4.69) is 32.1 Å². The molecule has 0 saturated carbocycles. The van der Waals surface area contributed by atoms with Crippen molar-refractivity contribution < 1.29 is 32.4 Å². The minimum Gasteiger partial charge on any atom is -0.399 e. The molecule has 0 aliphatic rings. The van der Waals surface area contributed by atoms with Crippen LogP contribution in [-0.2, 0) is 16.3 Å². The van der Waals surface area contributed by atoms with Gasteiger partial charge in [0.15, 0.2) is 0 Å². The van der Waals surface area contributed by atoms with E-state index >= 15 is 0 Å². The largest absolute Gasteiger partial charge is 0.399 e. The summed E-state index contributed by atoms with van der Waals surface area (Å²) in [6, 6.07) is 61.1. The number of fused-ring (bicyclic) bond motifs is 1. The summed E-state index contributed by atoms with van der Waals surface area (Å²) in [7, 11) is -3.54. The fraction of sp³-hybridized carbons (Fsp3) is 0.0143. The lowest BCUT2D eigenvalue weighted by Crippen LogP contribution is -2.31. The summed E-state index contributed by atoms with van der Waals surface area (Å²) in [6.45, 7) is 0. The smallest absolute Gasteiger partial charge is 0.338 e. The predicted octanol–water partition coefficient (Wildman–Crippen LogP) is 8.20. The Bertz CT molecular complexity index is 4530. The number of aromatic nitrogens is 8. The minimum atomic E-state index is -3.54. The molecule has 0 aliphatic carbocycles. The number of sulfone groups is 1. The lowest BCUT2D eigenvalue weighted by atomic mass is 10.0. The van der Waals surface area contributed by atoms with Gasteiger partial charge in [-0.05, 0) is 173 Å². The summed E-state index contributed by atoms with van der Waals surface area (Å²) >= 11 is 0. The van der Waals surface area contributed by atoms with E-state index in [1.165, 1.54) is 119 Å². The number of nitrogen functional groups attached to an aromatic ring is 10. The number of hydrogen-bond donors (Lipinski definition) is 12. The molecule has 0 atom stereocenters. The third kappa shape index (κ3) is 21.7. The van der Waals surface area contributed by atoms with Gasteiger partial charge in [0.05, 0.1) is 9.79 Å². The number of nitrogens with one attached hydrogen (secondary N) is 2. The summed E-state index contributed by atoms with van der Waals surface area (Å²) in [5, 5.41) is 2.26. The highest BCUT2D eigenvalue weighted by Gasteiger charge is 2.19. The standard InChI is InChI=1S/C13H14N2.C12H12N2O2S.C12H12N2.C10H10N2.C8H6N4O2.C8H10N4O2.C7H6N4O/c14-12-5-1-3-10(8-12)7-11-4-2-6-13(15)9-11;13-9-3-1-5-11(7-9)17(15,16)12-6-2-4-10(14)8-12;13-11-5-1-9(2-6-11)10-3-7-12(14)8-4-10;11-9-3-1-7-5-10(12)4-2-8(7)6-9;13-7(11-3-1-9-5-11)8(14)12-4-2-10-6-12;9-11-7(13)5-1-2-6(4-3-5)8(14)12-10;12-7(10-3-1-8-5-10)11-4-2-9-6-11/h1-6,8-9H,7,14-15H2;1-8H,13-14H2;1-8H,13-14H2;1-6H,11-12H2;1-6H;1-4H,9-10H2,(H,11,13)(H,12,14);1-6H. The average molecular weight is 1340 g/mol. The number of amides is 2. The summed E-state index contributed by atoms with van der Waals surface area (Å²) in [4.78, 5) is 71.5. The maximum absolute atomic E-state index is 12.2. The van der Waals surface area contributed by atoms with Crippen molar-refractivity contribution in [3.05, 3.63) is 303 Å². The lowest BCUT2D eigenvalue weighted by molar-refractivity contribution is 0.0716. The zero-order chi connectivity index (χ0) is 70.6. The van der Waals surface area contributed by atoms with E-state index in [0.717, 1.165) is 71.6 Å². The van der Waals surface area contributed by atoms with Gasteiger partial charge >= 0.3 is 17.8 Å². The van der Waals surface area contributed by atoms with Gasteiger partial charge in [-0.3, -0.25) is 48.3 Å². The van der Waals surface area contributed by atoms with Gasteiger partial charge in [-0.25, -0.2) is 44.8 Å². The van der Waals surface area contributed by atoms with Crippen molar-refractivity contribution in [1.29, 1.82) is 0 Å². The molecule has 0 bridgehead atoms. The third-order valence-electron chi connectivity index (χ3n) is 13.5. The van der Waals surface area contributed by atoms with Crippen LogP contribution in [0, 0.1) is 0 Å². The Morgan fingerprint density at radius 1 is 0.347 bits per heavy atom. The van der Waals surface area contributed by atoms with E-state index in [1.54, 1.807) is 49.1 Å². The van der Waals surface area contributed by atoms with Gasteiger partial charge in [-0.2, -0.15) is 0 Å². The molecular formula is C70H70N20O7S. The van der Waals surface area contributed by atoms with E-state index in [-0.39, 0.29) is 15.8 Å². The Kier molecular flexibility index (Phi) is 25.9. The van der Waals surface area contributed by atoms with E-state index in [4.69, 9.17) is 57.6 Å². The van der Waals surface area contributed by atoms with Gasteiger partial charge < -0.3 is 45.9 Å². The highest BCUT2D eigenvalue weighted by Crippen LogP contribution is 2.25. The monoisotopic (exact) mass is 1330 g/mol. The zero-order valence-electron chi connectivity index (χ0n) is 52.4. The molecule has 28 heteroatoms. The maximum atomic E-state index is 12.2. The number of rotatable bonds is 7. The number of hydrazine groups is 2. The summed E-state index contributed by atoms with van der Waals surface area (Å²) in [6.07, 6.45) is 18.3. The van der Waals surface area contributed by atoms with Crippen LogP contribution in [0.2, 0.25) is 0 Å². The van der Waals surface area contributed by atoms with Crippen molar-refractivity contribution in [3.63, 3.8) is 0 Å². The van der Waals surface area contributed by atoms with E-state index in [9.17, 15) is 32.4 Å². The number of hydrogen-bond acceptors (Lipinski definition) is 21. The number of nitrogens with zero attached hydrogens (tertiary/aromatic N) is 8. The number of nitrogens with two attached hydrogens (primary N) is 10. The molecule has 0 fully saturated rings. The Hall–Kier alpha value is -13.7. The van der Waals surface area contributed by atoms with Crippen molar-refractivity contribution in [2.75, 3.05) is 45.9 Å². The van der Waals surface area contributed by atoms with Crippen LogP contribution in [0.15, 0.2) is 291 Å². The molecule has 498 valence electrons. The zero-order valence-corrected chi connectivity index (χ0v) is 53.2. The maximum Gasteiger partial charge on any atom is 0.338 e. The normalized spacial score (nSPS) is 10.2. The first-order valence-corrected chi connectivity index (χ1v) is 30.7. The second-order valence-corrected chi connectivity index (χ2v) is 22.7. The second-order valence-electron chi connectivity index (χ2n) is 20.7. The average Bonchev–Trinajstić information content (AvgIpc) is 1.42. The van der Waals surface area contributed by atoms with Crippen molar-refractivity contribution in [1.82, 2.24) is 49.1 Å². The molecule has 0 spiro atoms. The van der Waals surface area contributed by atoms with Gasteiger partial charge in [-0.15, -0.1) is 0 Å². The molecule has 4 heterocycles. The molecule has 0 unspecified atom stereocenters. The Morgan fingerprint density at radius 3 is 0.959 bits per heavy atom. The quantitative estimate of drug-likeness (QED) is 0.0235. The number of carbonyl (C=O) groups is 5. The molecule has 13 aromatic rings. The van der Waals surface area contributed by atoms with Crippen LogP contribution in [0.3, 0.4) is 0 Å². The highest BCUT2D eigenvalue weighted by atomic mass is 32.2. The summed E-state index contributed by atoms with van der Waals surface area (Å²) in [5.74, 6) is 7.70. The van der Waals surface area contributed by atoms with Gasteiger partial charge in [0.25, 0.3) is 11.8 Å². The topological polar surface area (TPSA) is 475 Å². The summed E-state index contributed by atoms with van der Waals surface area (Å²) in [5.41, 5.74) is 60.1. The van der Waals surface area contributed by atoms with E-state index in [0.29, 0.717) is 22.5 Å². The minimum absolute atomic E-state index is 0.170. The van der Waals surface area contributed by atoms with Gasteiger partial charge in [0.1, 0.15) is 25.3 Å². The van der Waals surface area contributed by atoms with Crippen molar-refractivity contribution in [2.45, 2.75) is 16.2 Å². The first kappa shape index (κ1) is 71.7. The van der Waals surface area contributed by atoms with Gasteiger partial charge in [0, 0.05) is 106 Å². The van der Waals surface area contributed by atoms with Crippen LogP contribution >= 0.6 is 0 Å². The predicted molar refractivity (Wildman–Crippen MR) is 381 cm³/mol. The van der Waals surface area contributed by atoms with Crippen molar-refractivity contribution >= 4 is 95.8 Å². The third-order valence-corrected chi connectivity index (χ3v) is 15.2. The summed E-state index contributed by atoms with van der Waals surface area (Å²) < 4.78 is 29.4. The molecule has 22 N–H and O–H groups in total. The first-order valence-electron chi connectivity index (χ1n) is 29.2. The van der Waals surface area contributed by atoms with Crippen molar-refractivity contribution in [3.8, 4) is 11.1 Å². The van der Waals surface area contributed by atoms with Crippen molar-refractivity contribution in [2.24, 2.45) is 11.7 Å². The van der Waals surface area contributed by atoms with E-state index in [1.807, 2.05) is 132 Å². The first-order chi connectivity index (χ1) is 47.1. The molecular weight excluding hydrogens is 1260 g/mol.